The summed E-state index contributed by atoms with van der Waals surface area (Å²) < 4.78 is 20.8. The van der Waals surface area contributed by atoms with Gasteiger partial charge in [-0.3, -0.25) is 9.13 Å². The molecule has 0 saturated carbocycles. The lowest BCUT2D eigenvalue weighted by atomic mass is 9.79. The number of methoxy groups -OCH3 is 1. The van der Waals surface area contributed by atoms with E-state index in [9.17, 15) is 4.79 Å². The maximum absolute atomic E-state index is 12.9. The molecule has 1 aromatic heterocycles. The second-order valence-electron chi connectivity index (χ2n) is 8.61. The Balaban J connectivity index is 1.54. The minimum atomic E-state index is -0.418. The maximum Gasteiger partial charge on any atom is 0.494 e. The smallest absolute Gasteiger partial charge is 0.494 e. The summed E-state index contributed by atoms with van der Waals surface area (Å²) in [6.07, 6.45) is 3.58. The van der Waals surface area contributed by atoms with Crippen LogP contribution in [-0.4, -0.2) is 34.6 Å². The first-order valence-electron chi connectivity index (χ1n) is 10.1. The van der Waals surface area contributed by atoms with Gasteiger partial charge < -0.3 is 14.0 Å². The van der Waals surface area contributed by atoms with E-state index in [4.69, 9.17) is 14.0 Å². The molecule has 30 heavy (non-hydrogen) atoms. The average molecular weight is 406 g/mol. The number of aromatic nitrogens is 2. The van der Waals surface area contributed by atoms with Gasteiger partial charge in [0.25, 0.3) is 0 Å². The molecule has 0 aliphatic carbocycles. The Morgan fingerprint density at radius 3 is 2.27 bits per heavy atom. The maximum atomic E-state index is 12.9. The first-order valence-corrected chi connectivity index (χ1v) is 10.1. The lowest BCUT2D eigenvalue weighted by Crippen LogP contribution is -2.41. The van der Waals surface area contributed by atoms with E-state index in [-0.39, 0.29) is 16.9 Å². The minimum Gasteiger partial charge on any atom is -0.497 e. The molecule has 0 bridgehead atoms. The van der Waals surface area contributed by atoms with Gasteiger partial charge >= 0.3 is 12.8 Å². The first-order chi connectivity index (χ1) is 14.2. The van der Waals surface area contributed by atoms with Crippen LogP contribution in [0.1, 0.15) is 33.3 Å². The van der Waals surface area contributed by atoms with E-state index in [1.54, 1.807) is 28.6 Å². The second kappa shape index (κ2) is 7.49. The van der Waals surface area contributed by atoms with Gasteiger partial charge in [0.1, 0.15) is 5.75 Å². The summed E-state index contributed by atoms with van der Waals surface area (Å²) >= 11 is 0. The molecule has 2 heterocycles. The fourth-order valence-corrected chi connectivity index (χ4v) is 3.47. The van der Waals surface area contributed by atoms with E-state index in [1.807, 2.05) is 76.2 Å². The van der Waals surface area contributed by atoms with Crippen molar-refractivity contribution >= 4 is 12.6 Å². The van der Waals surface area contributed by atoms with Crippen LogP contribution >= 0.6 is 0 Å². The van der Waals surface area contributed by atoms with Gasteiger partial charge in [0.15, 0.2) is 0 Å². The number of nitrogens with zero attached hydrogens (tertiary/aromatic N) is 2. The van der Waals surface area contributed by atoms with Gasteiger partial charge in [0, 0.05) is 12.4 Å². The lowest BCUT2D eigenvalue weighted by molar-refractivity contribution is 0.00578. The van der Waals surface area contributed by atoms with E-state index in [2.05, 4.69) is 0 Å². The molecule has 0 amide bonds. The first kappa shape index (κ1) is 20.5. The summed E-state index contributed by atoms with van der Waals surface area (Å²) in [5.74, 6) is 0.776. The van der Waals surface area contributed by atoms with Gasteiger partial charge in [-0.25, -0.2) is 4.79 Å². The summed E-state index contributed by atoms with van der Waals surface area (Å²) in [6.45, 7) is 8.62. The zero-order chi connectivity index (χ0) is 21.5. The van der Waals surface area contributed by atoms with Gasteiger partial charge in [-0.05, 0) is 63.0 Å². The molecule has 7 heteroatoms. The summed E-state index contributed by atoms with van der Waals surface area (Å²) in [7, 11) is 1.22. The Bertz CT molecular complexity index is 1080. The Morgan fingerprint density at radius 2 is 1.63 bits per heavy atom. The van der Waals surface area contributed by atoms with Crippen LogP contribution in [0.25, 0.3) is 5.69 Å². The Labute approximate surface area is 177 Å². The fraction of sp³-hybridized carbons (Fsp3) is 0.348. The van der Waals surface area contributed by atoms with Crippen molar-refractivity contribution in [3.63, 3.8) is 0 Å². The van der Waals surface area contributed by atoms with Crippen molar-refractivity contribution in [1.82, 2.24) is 9.13 Å². The molecule has 1 aliphatic rings. The SMILES string of the molecule is COc1cccc(Cn2ccn(-c3ccc(B4OC(C)(C)C(C)(C)O4)cc3)c2=O)c1. The van der Waals surface area contributed by atoms with Crippen molar-refractivity contribution in [3.05, 3.63) is 77.0 Å². The molecule has 0 spiro atoms. The van der Waals surface area contributed by atoms with Crippen LogP contribution in [0.4, 0.5) is 0 Å². The highest BCUT2D eigenvalue weighted by Gasteiger charge is 2.51. The third-order valence-electron chi connectivity index (χ3n) is 6.03. The van der Waals surface area contributed by atoms with Crippen LogP contribution in [0.2, 0.25) is 0 Å². The molecule has 156 valence electrons. The van der Waals surface area contributed by atoms with Crippen LogP contribution < -0.4 is 15.9 Å². The lowest BCUT2D eigenvalue weighted by Gasteiger charge is -2.32. The van der Waals surface area contributed by atoms with Gasteiger partial charge in [-0.15, -0.1) is 0 Å². The quantitative estimate of drug-likeness (QED) is 0.612. The molecular formula is C23H27BN2O4. The number of rotatable bonds is 5. The zero-order valence-electron chi connectivity index (χ0n) is 18.1. The van der Waals surface area contributed by atoms with E-state index in [0.717, 1.165) is 22.5 Å². The van der Waals surface area contributed by atoms with Crippen LogP contribution in [-0.2, 0) is 15.9 Å². The molecular weight excluding hydrogens is 379 g/mol. The van der Waals surface area contributed by atoms with E-state index in [1.165, 1.54) is 0 Å². The molecule has 1 saturated heterocycles. The summed E-state index contributed by atoms with van der Waals surface area (Å²) in [5, 5.41) is 0. The number of hydrogen-bond acceptors (Lipinski definition) is 4. The number of imidazole rings is 1. The van der Waals surface area contributed by atoms with E-state index < -0.39 is 7.12 Å². The van der Waals surface area contributed by atoms with Crippen LogP contribution in [0.5, 0.6) is 5.75 Å². The van der Waals surface area contributed by atoms with Gasteiger partial charge in [-0.2, -0.15) is 0 Å². The van der Waals surface area contributed by atoms with Crippen molar-refractivity contribution in [2.24, 2.45) is 0 Å². The Hall–Kier alpha value is -2.77. The van der Waals surface area contributed by atoms with Gasteiger partial charge in [0.2, 0.25) is 0 Å². The molecule has 1 fully saturated rings. The fourth-order valence-electron chi connectivity index (χ4n) is 3.47. The summed E-state index contributed by atoms with van der Waals surface area (Å²) in [6, 6.07) is 15.4. The molecule has 0 unspecified atom stereocenters. The summed E-state index contributed by atoms with van der Waals surface area (Å²) in [5.41, 5.74) is 1.87. The number of ether oxygens (including phenoxy) is 1. The highest BCUT2D eigenvalue weighted by Crippen LogP contribution is 2.36. The molecule has 4 rings (SSSR count). The normalized spacial score (nSPS) is 17.3. The van der Waals surface area contributed by atoms with Gasteiger partial charge in [0.05, 0.1) is 30.5 Å². The molecule has 0 atom stereocenters. The standard InChI is InChI=1S/C23H27BN2O4/c1-22(2)23(3,4)30-24(29-22)18-9-11-19(12-10-18)26-14-13-25(21(26)27)16-17-7-6-8-20(15-17)28-5/h6-15H,16H2,1-5H3. The molecule has 0 N–H and O–H groups in total. The van der Waals surface area contributed by atoms with Crippen molar-refractivity contribution in [2.45, 2.75) is 45.4 Å². The predicted octanol–water partition coefficient (Wildman–Crippen LogP) is 3.00. The molecule has 3 aromatic rings. The van der Waals surface area contributed by atoms with Crippen molar-refractivity contribution in [1.29, 1.82) is 0 Å². The van der Waals surface area contributed by atoms with Crippen molar-refractivity contribution in [3.8, 4) is 11.4 Å². The second-order valence-corrected chi connectivity index (χ2v) is 8.61. The molecule has 6 nitrogen and oxygen atoms in total. The predicted molar refractivity (Wildman–Crippen MR) is 118 cm³/mol. The zero-order valence-corrected chi connectivity index (χ0v) is 18.1. The Kier molecular flexibility index (Phi) is 5.12. The minimum absolute atomic E-state index is 0.0961. The van der Waals surface area contributed by atoms with Crippen LogP contribution in [0.3, 0.4) is 0 Å². The molecule has 0 radical (unpaired) electrons. The van der Waals surface area contributed by atoms with E-state index in [0.29, 0.717) is 6.54 Å². The van der Waals surface area contributed by atoms with E-state index >= 15 is 0 Å². The average Bonchev–Trinajstić information content (AvgIpc) is 3.17. The highest BCUT2D eigenvalue weighted by molar-refractivity contribution is 6.62. The topological polar surface area (TPSA) is 54.6 Å². The van der Waals surface area contributed by atoms with Crippen molar-refractivity contribution in [2.75, 3.05) is 7.11 Å². The van der Waals surface area contributed by atoms with Crippen molar-refractivity contribution < 1.29 is 14.0 Å². The number of benzene rings is 2. The largest absolute Gasteiger partial charge is 0.497 e. The number of hydrogen-bond donors (Lipinski definition) is 0. The third kappa shape index (κ3) is 3.71. The highest BCUT2D eigenvalue weighted by atomic mass is 16.7. The van der Waals surface area contributed by atoms with Crippen LogP contribution in [0, 0.1) is 0 Å². The van der Waals surface area contributed by atoms with Gasteiger partial charge in [-0.1, -0.05) is 24.3 Å². The Morgan fingerprint density at radius 1 is 0.967 bits per heavy atom. The summed E-state index contributed by atoms with van der Waals surface area (Å²) in [4.78, 5) is 12.9. The monoisotopic (exact) mass is 406 g/mol. The molecule has 1 aliphatic heterocycles. The molecule has 2 aromatic carbocycles. The van der Waals surface area contributed by atoms with Crippen LogP contribution in [0.15, 0.2) is 65.7 Å². The third-order valence-corrected chi connectivity index (χ3v) is 6.03.